The number of aromatic amines is 1. The lowest BCUT2D eigenvalue weighted by Gasteiger charge is -2.37. The van der Waals surface area contributed by atoms with Gasteiger partial charge in [-0.05, 0) is 99.1 Å². The van der Waals surface area contributed by atoms with Gasteiger partial charge in [-0.3, -0.25) is 19.4 Å². The molecule has 0 unspecified atom stereocenters. The van der Waals surface area contributed by atoms with Crippen LogP contribution in [0.15, 0.2) is 73.1 Å². The molecular weight excluding hydrogens is 612 g/mol. The van der Waals surface area contributed by atoms with Gasteiger partial charge in [-0.15, -0.1) is 0 Å². The summed E-state index contributed by atoms with van der Waals surface area (Å²) in [4.78, 5) is 54.2. The number of benzene rings is 2. The molecule has 246 valence electrons. The van der Waals surface area contributed by atoms with Gasteiger partial charge in [0.15, 0.2) is 0 Å². The molecule has 1 saturated heterocycles. The maximum atomic E-state index is 14.5. The number of carbonyl (C=O) groups excluding carboxylic acids is 3. The first-order valence-corrected chi connectivity index (χ1v) is 16.9. The van der Waals surface area contributed by atoms with E-state index in [2.05, 4.69) is 20.2 Å². The number of halogens is 1. The minimum absolute atomic E-state index is 0.0465. The number of hydrogen-bond acceptors (Lipinski definition) is 5. The number of H-pyrrole nitrogens is 1. The molecule has 2 aliphatic heterocycles. The highest BCUT2D eigenvalue weighted by Crippen LogP contribution is 2.33. The van der Waals surface area contributed by atoms with Gasteiger partial charge < -0.3 is 25.0 Å². The second-order valence-electron chi connectivity index (χ2n) is 13.2. The Morgan fingerprint density at radius 3 is 2.60 bits per heavy atom. The maximum absolute atomic E-state index is 14.5. The summed E-state index contributed by atoms with van der Waals surface area (Å²) in [5.74, 6) is 0.279. The van der Waals surface area contributed by atoms with E-state index in [1.165, 1.54) is 0 Å². The van der Waals surface area contributed by atoms with Crippen molar-refractivity contribution in [3.63, 3.8) is 0 Å². The highest BCUT2D eigenvalue weighted by atomic mass is 35.5. The van der Waals surface area contributed by atoms with Crippen LogP contribution >= 0.6 is 11.6 Å². The van der Waals surface area contributed by atoms with E-state index in [9.17, 15) is 14.4 Å². The lowest BCUT2D eigenvalue weighted by Crippen LogP contribution is -2.53. The number of para-hydroxylation sites is 1. The van der Waals surface area contributed by atoms with Crippen molar-refractivity contribution in [3.8, 4) is 0 Å². The lowest BCUT2D eigenvalue weighted by atomic mass is 9.90. The second kappa shape index (κ2) is 14.7. The molecule has 2 aromatic carbocycles. The molecule has 6 rings (SSSR count). The average Bonchev–Trinajstić information content (AvgIpc) is 3.49. The fourth-order valence-electron chi connectivity index (χ4n) is 7.15. The van der Waals surface area contributed by atoms with Crippen LogP contribution in [0.3, 0.4) is 0 Å². The predicted octanol–water partition coefficient (Wildman–Crippen LogP) is 5.34. The first-order chi connectivity index (χ1) is 22.7. The van der Waals surface area contributed by atoms with Gasteiger partial charge in [0.05, 0.1) is 0 Å². The lowest BCUT2D eigenvalue weighted by molar-refractivity contribution is -0.127. The zero-order chi connectivity index (χ0) is 32.9. The fraction of sp³-hybridized carbons (Fsp3) is 0.405. The van der Waals surface area contributed by atoms with Gasteiger partial charge in [-0.2, -0.15) is 0 Å². The summed E-state index contributed by atoms with van der Waals surface area (Å²) in [6.45, 7) is 2.70. The largest absolute Gasteiger partial charge is 0.361 e. The van der Waals surface area contributed by atoms with Crippen LogP contribution in [0.25, 0.3) is 10.9 Å². The Bertz CT molecular complexity index is 1720. The van der Waals surface area contributed by atoms with Crippen LogP contribution in [-0.4, -0.2) is 83.8 Å². The Morgan fingerprint density at radius 1 is 1.04 bits per heavy atom. The number of hydrogen-bond donors (Lipinski definition) is 2. The van der Waals surface area contributed by atoms with E-state index in [4.69, 9.17) is 11.6 Å². The zero-order valence-electron chi connectivity index (χ0n) is 27.1. The van der Waals surface area contributed by atoms with Crippen molar-refractivity contribution in [2.24, 2.45) is 11.8 Å². The quantitative estimate of drug-likeness (QED) is 0.240. The Hall–Kier alpha value is -4.21. The van der Waals surface area contributed by atoms with Crippen LogP contribution in [-0.2, 0) is 22.4 Å². The van der Waals surface area contributed by atoms with Crippen molar-refractivity contribution in [1.82, 2.24) is 25.1 Å². The smallest absolute Gasteiger partial charge is 0.272 e. The average molecular weight is 655 g/mol. The number of pyridine rings is 1. The van der Waals surface area contributed by atoms with Crippen LogP contribution in [0.2, 0.25) is 5.02 Å². The number of fused-ring (bicyclic) bond motifs is 2. The molecule has 0 aliphatic carbocycles. The van der Waals surface area contributed by atoms with E-state index in [-0.39, 0.29) is 23.6 Å². The van der Waals surface area contributed by atoms with Crippen molar-refractivity contribution in [2.75, 3.05) is 45.2 Å². The van der Waals surface area contributed by atoms with Gasteiger partial charge in [0.25, 0.3) is 5.91 Å². The number of piperidine rings is 1. The molecule has 0 radical (unpaired) electrons. The molecular formula is C37H43ClN6O3. The number of likely N-dealkylation sites (tertiary alicyclic amines) is 1. The Balaban J connectivity index is 1.15. The van der Waals surface area contributed by atoms with Crippen LogP contribution in [0, 0.1) is 11.8 Å². The highest BCUT2D eigenvalue weighted by Gasteiger charge is 2.34. The van der Waals surface area contributed by atoms with Crippen LogP contribution < -0.4 is 10.2 Å². The summed E-state index contributed by atoms with van der Waals surface area (Å²) >= 11 is 6.39. The van der Waals surface area contributed by atoms with Crippen molar-refractivity contribution in [1.29, 1.82) is 0 Å². The van der Waals surface area contributed by atoms with Gasteiger partial charge in [-0.25, -0.2) is 0 Å². The summed E-state index contributed by atoms with van der Waals surface area (Å²) in [6, 6.07) is 18.4. The molecule has 3 amide bonds. The summed E-state index contributed by atoms with van der Waals surface area (Å²) in [5, 5.41) is 4.84. The minimum Gasteiger partial charge on any atom is -0.361 e. The molecule has 2 N–H and O–H groups in total. The fourth-order valence-corrected chi connectivity index (χ4v) is 7.34. The monoisotopic (exact) mass is 654 g/mol. The molecule has 2 aromatic heterocycles. The van der Waals surface area contributed by atoms with E-state index < -0.39 is 6.04 Å². The van der Waals surface area contributed by atoms with Crippen LogP contribution in [0.1, 0.15) is 47.3 Å². The van der Waals surface area contributed by atoms with E-state index in [0.29, 0.717) is 55.5 Å². The summed E-state index contributed by atoms with van der Waals surface area (Å²) in [5.41, 5.74) is 4.36. The molecule has 2 atom stereocenters. The number of amides is 3. The number of carbonyl (C=O) groups is 3. The van der Waals surface area contributed by atoms with E-state index in [1.807, 2.05) is 78.6 Å². The molecule has 1 fully saturated rings. The van der Waals surface area contributed by atoms with Gasteiger partial charge in [-0.1, -0.05) is 35.9 Å². The summed E-state index contributed by atoms with van der Waals surface area (Å²) < 4.78 is 0. The third-order valence-electron chi connectivity index (χ3n) is 9.47. The van der Waals surface area contributed by atoms with Gasteiger partial charge in [0.2, 0.25) is 11.8 Å². The third kappa shape index (κ3) is 7.85. The first-order valence-electron chi connectivity index (χ1n) is 16.5. The normalized spacial score (nSPS) is 17.5. The van der Waals surface area contributed by atoms with E-state index in [1.54, 1.807) is 18.3 Å². The topological polar surface area (TPSA) is 102 Å². The summed E-state index contributed by atoms with van der Waals surface area (Å²) in [6.07, 6.45) is 7.50. The van der Waals surface area contributed by atoms with Crippen molar-refractivity contribution < 1.29 is 14.4 Å². The predicted molar refractivity (Wildman–Crippen MR) is 186 cm³/mol. The Labute approximate surface area is 281 Å². The minimum atomic E-state index is -0.735. The second-order valence-corrected chi connectivity index (χ2v) is 13.7. The third-order valence-corrected chi connectivity index (χ3v) is 9.70. The number of anilines is 1. The molecule has 4 heterocycles. The van der Waals surface area contributed by atoms with Gasteiger partial charge in [0, 0.05) is 73.0 Å². The molecule has 9 nitrogen and oxygen atoms in total. The Morgan fingerprint density at radius 2 is 1.83 bits per heavy atom. The number of aromatic nitrogens is 2. The molecule has 2 aliphatic rings. The highest BCUT2D eigenvalue weighted by molar-refractivity contribution is 6.30. The van der Waals surface area contributed by atoms with E-state index in [0.717, 1.165) is 53.5 Å². The number of nitrogens with zero attached hydrogens (tertiary/aromatic N) is 4. The van der Waals surface area contributed by atoms with E-state index >= 15 is 0 Å². The van der Waals surface area contributed by atoms with Crippen molar-refractivity contribution in [3.05, 3.63) is 94.9 Å². The van der Waals surface area contributed by atoms with Crippen LogP contribution in [0.4, 0.5) is 5.69 Å². The maximum Gasteiger partial charge on any atom is 0.272 e. The number of rotatable bonds is 10. The molecule has 0 saturated carbocycles. The van der Waals surface area contributed by atoms with Gasteiger partial charge in [0.1, 0.15) is 11.7 Å². The summed E-state index contributed by atoms with van der Waals surface area (Å²) in [7, 11) is 4.09. The molecule has 4 aromatic rings. The first kappa shape index (κ1) is 32.7. The molecule has 0 spiro atoms. The Kier molecular flexibility index (Phi) is 10.2. The molecule has 10 heteroatoms. The standard InChI is InChI=1S/C37H43ClN6O3/c1-42(2)23-26-19-27-20-29(38)11-12-34(27)44(24-26)37(47)33(21-28-22-40-31-8-4-3-7-30(28)31)41-35(45)13-10-25-14-17-43(18-15-25)36(46)32-9-5-6-16-39-32/h3-9,11-12,16,20,22,25-26,33,40H,10,13-15,17-19,21,23-24H2,1-2H3,(H,41,45)/t26-,33+/m0/s1. The van der Waals surface area contributed by atoms with Crippen molar-refractivity contribution in [2.45, 2.75) is 44.6 Å². The zero-order valence-corrected chi connectivity index (χ0v) is 27.9. The van der Waals surface area contributed by atoms with Crippen molar-refractivity contribution >= 4 is 45.9 Å². The molecule has 47 heavy (non-hydrogen) atoms. The van der Waals surface area contributed by atoms with Crippen LogP contribution in [0.5, 0.6) is 0 Å². The number of nitrogens with one attached hydrogen (secondary N) is 2. The SMILES string of the molecule is CN(C)C[C@@H]1Cc2cc(Cl)ccc2N(C(=O)[C@@H](Cc2c[nH]c3ccccc23)NC(=O)CCC2CCN(C(=O)c3ccccn3)CC2)C1. The van der Waals surface area contributed by atoms with Gasteiger partial charge >= 0.3 is 0 Å². The molecule has 0 bridgehead atoms.